The van der Waals surface area contributed by atoms with Gasteiger partial charge in [0.05, 0.1) is 33.0 Å². The Morgan fingerprint density at radius 3 is 2.13 bits per heavy atom. The molecule has 15 heavy (non-hydrogen) atoms. The number of aliphatic hydroxyl groups is 2. The van der Waals surface area contributed by atoms with Crippen molar-refractivity contribution in [3.63, 3.8) is 0 Å². The fourth-order valence-corrected chi connectivity index (χ4v) is 0.493. The quantitative estimate of drug-likeness (QED) is 0.362. The monoisotopic (exact) mass is 220 g/mol. The lowest BCUT2D eigenvalue weighted by molar-refractivity contribution is -0.137. The lowest BCUT2D eigenvalue weighted by Gasteiger charge is -1.94. The first kappa shape index (κ1) is 16.5. The number of carbonyl (C=O) groups is 1. The van der Waals surface area contributed by atoms with E-state index in [1.807, 2.05) is 6.92 Å². The van der Waals surface area contributed by atoms with E-state index in [1.165, 1.54) is 0 Å². The summed E-state index contributed by atoms with van der Waals surface area (Å²) in [7, 11) is 0. The standard InChI is InChI=1S/C6H10O2.C4H10O3/c1-3-5-8-6(7)4-2;5-1-3-7-4-2-6/h4H,2-3,5H2,1H3;5-6H,1-4H2. The van der Waals surface area contributed by atoms with Gasteiger partial charge < -0.3 is 19.7 Å². The molecule has 0 fully saturated rings. The molecule has 0 unspecified atom stereocenters. The molecule has 0 spiro atoms. The first-order chi connectivity index (χ1) is 7.22. The maximum atomic E-state index is 10.2. The highest BCUT2D eigenvalue weighted by molar-refractivity contribution is 5.81. The summed E-state index contributed by atoms with van der Waals surface area (Å²) >= 11 is 0. The normalized spacial score (nSPS) is 8.73. The Morgan fingerprint density at radius 2 is 1.80 bits per heavy atom. The van der Waals surface area contributed by atoms with Gasteiger partial charge in [-0.2, -0.15) is 0 Å². The second-order valence-corrected chi connectivity index (χ2v) is 2.43. The molecular weight excluding hydrogens is 200 g/mol. The molecule has 0 aromatic carbocycles. The van der Waals surface area contributed by atoms with Gasteiger partial charge in [0.15, 0.2) is 0 Å². The molecular formula is C10H20O5. The van der Waals surface area contributed by atoms with Crippen molar-refractivity contribution < 1.29 is 24.5 Å². The van der Waals surface area contributed by atoms with Crippen LogP contribution in [-0.2, 0) is 14.3 Å². The molecule has 0 rings (SSSR count). The number of carbonyl (C=O) groups excluding carboxylic acids is 1. The topological polar surface area (TPSA) is 76.0 Å². The van der Waals surface area contributed by atoms with Gasteiger partial charge in [-0.15, -0.1) is 0 Å². The van der Waals surface area contributed by atoms with E-state index in [0.29, 0.717) is 19.8 Å². The second-order valence-electron chi connectivity index (χ2n) is 2.43. The van der Waals surface area contributed by atoms with Crippen LogP contribution >= 0.6 is 0 Å². The van der Waals surface area contributed by atoms with Crippen molar-refractivity contribution in [2.24, 2.45) is 0 Å². The van der Waals surface area contributed by atoms with E-state index in [2.05, 4.69) is 16.1 Å². The molecule has 90 valence electrons. The van der Waals surface area contributed by atoms with E-state index in [4.69, 9.17) is 10.2 Å². The van der Waals surface area contributed by atoms with Crippen LogP contribution < -0.4 is 0 Å². The fraction of sp³-hybridized carbons (Fsp3) is 0.700. The first-order valence-corrected chi connectivity index (χ1v) is 4.81. The Hall–Kier alpha value is -0.910. The molecule has 0 radical (unpaired) electrons. The van der Waals surface area contributed by atoms with Crippen LogP contribution in [0.15, 0.2) is 12.7 Å². The Bertz CT molecular complexity index is 143. The summed E-state index contributed by atoms with van der Waals surface area (Å²) in [6.07, 6.45) is 2.02. The third-order valence-electron chi connectivity index (χ3n) is 1.09. The molecule has 0 aliphatic rings. The third-order valence-corrected chi connectivity index (χ3v) is 1.09. The lowest BCUT2D eigenvalue weighted by atomic mass is 10.5. The first-order valence-electron chi connectivity index (χ1n) is 4.81. The molecule has 5 heteroatoms. The zero-order valence-corrected chi connectivity index (χ0v) is 9.15. The molecule has 2 N–H and O–H groups in total. The van der Waals surface area contributed by atoms with Crippen molar-refractivity contribution in [1.82, 2.24) is 0 Å². The molecule has 0 saturated heterocycles. The van der Waals surface area contributed by atoms with Gasteiger partial charge in [0.2, 0.25) is 0 Å². The van der Waals surface area contributed by atoms with E-state index in [-0.39, 0.29) is 19.2 Å². The minimum Gasteiger partial charge on any atom is -0.463 e. The summed E-state index contributed by atoms with van der Waals surface area (Å²) in [5.74, 6) is -0.341. The van der Waals surface area contributed by atoms with E-state index < -0.39 is 0 Å². The fourth-order valence-electron chi connectivity index (χ4n) is 0.493. The molecule has 0 saturated carbocycles. The van der Waals surface area contributed by atoms with Gasteiger partial charge in [-0.1, -0.05) is 13.5 Å². The van der Waals surface area contributed by atoms with Gasteiger partial charge in [-0.05, 0) is 6.42 Å². The van der Waals surface area contributed by atoms with Crippen LogP contribution in [0.1, 0.15) is 13.3 Å². The van der Waals surface area contributed by atoms with Gasteiger partial charge in [0.25, 0.3) is 0 Å². The van der Waals surface area contributed by atoms with E-state index >= 15 is 0 Å². The highest BCUT2D eigenvalue weighted by Crippen LogP contribution is 1.81. The smallest absolute Gasteiger partial charge is 0.330 e. The number of hydrogen-bond donors (Lipinski definition) is 2. The van der Waals surface area contributed by atoms with Crippen LogP contribution in [-0.4, -0.2) is 49.2 Å². The summed E-state index contributed by atoms with van der Waals surface area (Å²) in [5.41, 5.74) is 0. The Kier molecular flexibility index (Phi) is 17.1. The maximum Gasteiger partial charge on any atom is 0.330 e. The highest BCUT2D eigenvalue weighted by Gasteiger charge is 1.89. The second kappa shape index (κ2) is 15.6. The van der Waals surface area contributed by atoms with Crippen LogP contribution in [0.2, 0.25) is 0 Å². The van der Waals surface area contributed by atoms with Crippen LogP contribution in [0.25, 0.3) is 0 Å². The Morgan fingerprint density at radius 1 is 1.27 bits per heavy atom. The molecule has 0 aliphatic heterocycles. The zero-order valence-electron chi connectivity index (χ0n) is 9.15. The van der Waals surface area contributed by atoms with Crippen molar-refractivity contribution in [3.8, 4) is 0 Å². The summed E-state index contributed by atoms with van der Waals surface area (Å²) < 4.78 is 9.22. The van der Waals surface area contributed by atoms with Crippen LogP contribution in [0, 0.1) is 0 Å². The predicted octanol–water partition coefficient (Wildman–Crippen LogP) is 0.113. The van der Waals surface area contributed by atoms with E-state index in [1.54, 1.807) is 0 Å². The lowest BCUT2D eigenvalue weighted by Crippen LogP contribution is -2.03. The van der Waals surface area contributed by atoms with Gasteiger partial charge in [0, 0.05) is 6.08 Å². The number of hydrogen-bond acceptors (Lipinski definition) is 5. The van der Waals surface area contributed by atoms with Crippen LogP contribution in [0.5, 0.6) is 0 Å². The third kappa shape index (κ3) is 19.5. The van der Waals surface area contributed by atoms with Crippen molar-refractivity contribution in [1.29, 1.82) is 0 Å². The molecule has 5 nitrogen and oxygen atoms in total. The van der Waals surface area contributed by atoms with Crippen molar-refractivity contribution in [2.45, 2.75) is 13.3 Å². The number of aliphatic hydroxyl groups excluding tert-OH is 2. The molecule has 0 aromatic heterocycles. The minimum absolute atomic E-state index is 0.0278. The molecule has 0 atom stereocenters. The SMILES string of the molecule is C=CC(=O)OCCC.OCCOCCO. The van der Waals surface area contributed by atoms with Crippen LogP contribution in [0.4, 0.5) is 0 Å². The summed E-state index contributed by atoms with van der Waals surface area (Å²) in [6, 6.07) is 0. The van der Waals surface area contributed by atoms with Crippen molar-refractivity contribution >= 4 is 5.97 Å². The molecule has 0 heterocycles. The number of ether oxygens (including phenoxy) is 2. The summed E-state index contributed by atoms with van der Waals surface area (Å²) in [6.45, 7) is 6.37. The van der Waals surface area contributed by atoms with Crippen molar-refractivity contribution in [2.75, 3.05) is 33.0 Å². The minimum atomic E-state index is -0.341. The Balaban J connectivity index is 0. The average Bonchev–Trinajstić information content (AvgIpc) is 2.27. The molecule has 0 bridgehead atoms. The van der Waals surface area contributed by atoms with Crippen molar-refractivity contribution in [3.05, 3.63) is 12.7 Å². The number of rotatable bonds is 7. The van der Waals surface area contributed by atoms with E-state index in [9.17, 15) is 4.79 Å². The summed E-state index contributed by atoms with van der Waals surface area (Å²) in [4.78, 5) is 10.2. The van der Waals surface area contributed by atoms with Gasteiger partial charge >= 0.3 is 5.97 Å². The maximum absolute atomic E-state index is 10.2. The Labute approximate surface area is 90.3 Å². The van der Waals surface area contributed by atoms with E-state index in [0.717, 1.165) is 12.5 Å². The number of esters is 1. The van der Waals surface area contributed by atoms with Gasteiger partial charge in [-0.3, -0.25) is 0 Å². The summed E-state index contributed by atoms with van der Waals surface area (Å²) in [5, 5.41) is 16.2. The highest BCUT2D eigenvalue weighted by atomic mass is 16.5. The molecule has 0 aliphatic carbocycles. The average molecular weight is 220 g/mol. The molecule has 0 amide bonds. The van der Waals surface area contributed by atoms with Gasteiger partial charge in [-0.25, -0.2) is 4.79 Å². The zero-order chi connectivity index (χ0) is 11.9. The largest absolute Gasteiger partial charge is 0.463 e. The van der Waals surface area contributed by atoms with Crippen LogP contribution in [0.3, 0.4) is 0 Å². The molecule has 0 aromatic rings. The predicted molar refractivity (Wildman–Crippen MR) is 56.4 cm³/mol. The van der Waals surface area contributed by atoms with Gasteiger partial charge in [0.1, 0.15) is 0 Å².